The summed E-state index contributed by atoms with van der Waals surface area (Å²) in [6, 6.07) is 0. The van der Waals surface area contributed by atoms with Gasteiger partial charge in [0.1, 0.15) is 0 Å². The van der Waals surface area contributed by atoms with Crippen molar-refractivity contribution in [1.82, 2.24) is 0 Å². The molecule has 0 aliphatic carbocycles. The molecule has 0 nitrogen and oxygen atoms in total. The van der Waals surface area contributed by atoms with Gasteiger partial charge in [0, 0.05) is 0 Å². The largest absolute Gasteiger partial charge is 0.0654 e. The molecule has 0 heteroatoms. The third kappa shape index (κ3) is 10.5. The summed E-state index contributed by atoms with van der Waals surface area (Å²) in [4.78, 5) is 0. The van der Waals surface area contributed by atoms with Crippen molar-refractivity contribution < 1.29 is 0 Å². The molecule has 0 saturated carbocycles. The fraction of sp³-hybridized carbons (Fsp3) is 1.00. The van der Waals surface area contributed by atoms with E-state index in [4.69, 9.17) is 0 Å². The maximum atomic E-state index is 2.43. The molecule has 2 unspecified atom stereocenters. The van der Waals surface area contributed by atoms with Gasteiger partial charge in [-0.3, -0.25) is 0 Å². The normalized spacial score (nSPS) is 15.0. The molecule has 16 heavy (non-hydrogen) atoms. The highest BCUT2D eigenvalue weighted by Crippen LogP contribution is 2.18. The van der Waals surface area contributed by atoms with Crippen molar-refractivity contribution in [2.24, 2.45) is 11.8 Å². The monoisotopic (exact) mass is 226 g/mol. The molecule has 0 aliphatic rings. The number of rotatable bonds is 11. The van der Waals surface area contributed by atoms with E-state index in [2.05, 4.69) is 27.7 Å². The van der Waals surface area contributed by atoms with Gasteiger partial charge in [0.25, 0.3) is 0 Å². The minimum atomic E-state index is 0.961. The molecular formula is C16H34. The first kappa shape index (κ1) is 16.0. The van der Waals surface area contributed by atoms with Crippen LogP contribution in [-0.2, 0) is 0 Å². The van der Waals surface area contributed by atoms with E-state index in [0.29, 0.717) is 0 Å². The zero-order chi connectivity index (χ0) is 12.2. The second kappa shape index (κ2) is 11.5. The van der Waals surface area contributed by atoms with E-state index in [1.54, 1.807) is 0 Å². The maximum absolute atomic E-state index is 2.43. The van der Waals surface area contributed by atoms with Crippen molar-refractivity contribution in [3.05, 3.63) is 0 Å². The van der Waals surface area contributed by atoms with Crippen LogP contribution in [-0.4, -0.2) is 0 Å². The predicted octanol–water partition coefficient (Wildman–Crippen LogP) is 6.20. The van der Waals surface area contributed by atoms with Crippen LogP contribution in [0.3, 0.4) is 0 Å². The third-order valence-corrected chi connectivity index (χ3v) is 3.73. The topological polar surface area (TPSA) is 0 Å². The second-order valence-electron chi connectivity index (χ2n) is 5.78. The molecule has 2 atom stereocenters. The fourth-order valence-electron chi connectivity index (χ4n) is 2.50. The van der Waals surface area contributed by atoms with Crippen LogP contribution in [0.4, 0.5) is 0 Å². The molecule has 0 fully saturated rings. The van der Waals surface area contributed by atoms with Crippen LogP contribution >= 0.6 is 0 Å². The Kier molecular flexibility index (Phi) is 11.5. The summed E-state index contributed by atoms with van der Waals surface area (Å²) in [5, 5.41) is 0. The van der Waals surface area contributed by atoms with Crippen LogP contribution in [0.1, 0.15) is 91.9 Å². The molecule has 0 aromatic carbocycles. The van der Waals surface area contributed by atoms with Crippen molar-refractivity contribution in [2.45, 2.75) is 91.9 Å². The molecule has 0 bridgehead atoms. The van der Waals surface area contributed by atoms with Gasteiger partial charge in [-0.2, -0.15) is 0 Å². The van der Waals surface area contributed by atoms with E-state index in [1.807, 2.05) is 0 Å². The van der Waals surface area contributed by atoms with Gasteiger partial charge in [-0.1, -0.05) is 91.9 Å². The summed E-state index contributed by atoms with van der Waals surface area (Å²) in [6.45, 7) is 9.43. The van der Waals surface area contributed by atoms with Crippen molar-refractivity contribution >= 4 is 0 Å². The first-order valence-electron chi connectivity index (χ1n) is 7.70. The number of unbranched alkanes of at least 4 members (excludes halogenated alkanes) is 3. The lowest BCUT2D eigenvalue weighted by molar-refractivity contribution is 0.419. The highest BCUT2D eigenvalue weighted by molar-refractivity contribution is 4.56. The molecule has 0 radical (unpaired) electrons. The minimum Gasteiger partial charge on any atom is -0.0654 e. The Balaban J connectivity index is 3.19. The van der Waals surface area contributed by atoms with Crippen LogP contribution in [0.2, 0.25) is 0 Å². The average Bonchev–Trinajstić information content (AvgIpc) is 2.26. The lowest BCUT2D eigenvalue weighted by atomic mass is 9.95. The van der Waals surface area contributed by atoms with E-state index >= 15 is 0 Å². The van der Waals surface area contributed by atoms with Gasteiger partial charge < -0.3 is 0 Å². The Hall–Kier alpha value is 0. The third-order valence-electron chi connectivity index (χ3n) is 3.73. The Morgan fingerprint density at radius 3 is 1.56 bits per heavy atom. The van der Waals surface area contributed by atoms with Crippen LogP contribution in [0, 0.1) is 11.8 Å². The first-order chi connectivity index (χ1) is 7.70. The van der Waals surface area contributed by atoms with Gasteiger partial charge >= 0.3 is 0 Å². The summed E-state index contributed by atoms with van der Waals surface area (Å²) < 4.78 is 0. The Morgan fingerprint density at radius 1 is 0.562 bits per heavy atom. The maximum Gasteiger partial charge on any atom is -0.0443 e. The zero-order valence-electron chi connectivity index (χ0n) is 12.2. The van der Waals surface area contributed by atoms with E-state index in [0.717, 1.165) is 11.8 Å². The lowest BCUT2D eigenvalue weighted by Gasteiger charge is -2.12. The molecule has 98 valence electrons. The van der Waals surface area contributed by atoms with E-state index in [1.165, 1.54) is 64.2 Å². The first-order valence-corrected chi connectivity index (χ1v) is 7.70. The van der Waals surface area contributed by atoms with Crippen molar-refractivity contribution in [3.8, 4) is 0 Å². The zero-order valence-corrected chi connectivity index (χ0v) is 12.2. The number of hydrogen-bond donors (Lipinski definition) is 0. The summed E-state index contributed by atoms with van der Waals surface area (Å²) in [7, 11) is 0. The molecule has 0 saturated heterocycles. The van der Waals surface area contributed by atoms with Crippen molar-refractivity contribution in [1.29, 1.82) is 0 Å². The molecule has 0 spiro atoms. The standard InChI is InChI=1S/C16H34/c1-5-7-12-16(4)14-10-8-9-13-15(3)11-6-2/h15-16H,5-14H2,1-4H3. The van der Waals surface area contributed by atoms with Crippen LogP contribution in [0.15, 0.2) is 0 Å². The van der Waals surface area contributed by atoms with Crippen LogP contribution in [0.5, 0.6) is 0 Å². The summed E-state index contributed by atoms with van der Waals surface area (Å²) in [5.74, 6) is 1.93. The highest BCUT2D eigenvalue weighted by atomic mass is 14.1. The lowest BCUT2D eigenvalue weighted by Crippen LogP contribution is -1.96. The minimum absolute atomic E-state index is 0.961. The van der Waals surface area contributed by atoms with Gasteiger partial charge in [-0.15, -0.1) is 0 Å². The summed E-state index contributed by atoms with van der Waals surface area (Å²) in [5.41, 5.74) is 0. The Labute approximate surface area is 104 Å². The van der Waals surface area contributed by atoms with E-state index in [-0.39, 0.29) is 0 Å². The molecule has 0 N–H and O–H groups in total. The van der Waals surface area contributed by atoms with Gasteiger partial charge in [0.2, 0.25) is 0 Å². The molecule has 0 heterocycles. The Morgan fingerprint density at radius 2 is 1.06 bits per heavy atom. The van der Waals surface area contributed by atoms with Gasteiger partial charge in [0.15, 0.2) is 0 Å². The average molecular weight is 226 g/mol. The van der Waals surface area contributed by atoms with E-state index in [9.17, 15) is 0 Å². The van der Waals surface area contributed by atoms with E-state index < -0.39 is 0 Å². The van der Waals surface area contributed by atoms with Crippen molar-refractivity contribution in [2.75, 3.05) is 0 Å². The van der Waals surface area contributed by atoms with Gasteiger partial charge in [-0.05, 0) is 11.8 Å². The van der Waals surface area contributed by atoms with Crippen LogP contribution < -0.4 is 0 Å². The predicted molar refractivity (Wildman–Crippen MR) is 75.8 cm³/mol. The molecule has 0 rings (SSSR count). The Bertz CT molecular complexity index is 128. The quantitative estimate of drug-likeness (QED) is 0.368. The molecule has 0 amide bonds. The number of hydrogen-bond acceptors (Lipinski definition) is 0. The van der Waals surface area contributed by atoms with Gasteiger partial charge in [0.05, 0.1) is 0 Å². The smallest absolute Gasteiger partial charge is 0.0443 e. The SMILES string of the molecule is CCCCC(C)CCCCCC(C)CCC. The highest BCUT2D eigenvalue weighted by Gasteiger charge is 2.03. The molecule has 0 aromatic heterocycles. The van der Waals surface area contributed by atoms with Gasteiger partial charge in [-0.25, -0.2) is 0 Å². The summed E-state index contributed by atoms with van der Waals surface area (Å²) >= 11 is 0. The fourth-order valence-corrected chi connectivity index (χ4v) is 2.50. The molecular weight excluding hydrogens is 192 g/mol. The molecule has 0 aromatic rings. The molecule has 0 aliphatic heterocycles. The van der Waals surface area contributed by atoms with Crippen LogP contribution in [0.25, 0.3) is 0 Å². The van der Waals surface area contributed by atoms with Crippen molar-refractivity contribution in [3.63, 3.8) is 0 Å². The summed E-state index contributed by atoms with van der Waals surface area (Å²) in [6.07, 6.45) is 14.3. The second-order valence-corrected chi connectivity index (χ2v) is 5.78.